The van der Waals surface area contributed by atoms with Gasteiger partial charge < -0.3 is 29.1 Å². The fourth-order valence-corrected chi connectivity index (χ4v) is 9.07. The van der Waals surface area contributed by atoms with E-state index >= 15 is 4.39 Å². The number of esters is 1. The first-order valence-electron chi connectivity index (χ1n) is 17.9. The molecule has 0 spiro atoms. The highest BCUT2D eigenvalue weighted by atomic mass is 19.4. The maximum absolute atomic E-state index is 17.9. The van der Waals surface area contributed by atoms with Crippen molar-refractivity contribution < 1.29 is 46.5 Å². The summed E-state index contributed by atoms with van der Waals surface area (Å²) in [4.78, 5) is 32.2. The first-order chi connectivity index (χ1) is 24.4. The van der Waals surface area contributed by atoms with Gasteiger partial charge in [0.15, 0.2) is 0 Å². The van der Waals surface area contributed by atoms with Gasteiger partial charge in [-0.2, -0.15) is 13.2 Å². The van der Waals surface area contributed by atoms with Gasteiger partial charge in [-0.1, -0.05) is 31.0 Å². The Morgan fingerprint density at radius 2 is 1.65 bits per heavy atom. The van der Waals surface area contributed by atoms with Crippen molar-refractivity contribution in [2.45, 2.75) is 67.7 Å². The number of likely N-dealkylation sites (tertiary alicyclic amines) is 2. The lowest BCUT2D eigenvalue weighted by Crippen LogP contribution is -2.53. The van der Waals surface area contributed by atoms with Gasteiger partial charge in [0.1, 0.15) is 5.75 Å². The Bertz CT molecular complexity index is 1540. The molecule has 0 bridgehead atoms. The summed E-state index contributed by atoms with van der Waals surface area (Å²) in [6, 6.07) is 10.8. The van der Waals surface area contributed by atoms with Gasteiger partial charge in [-0.3, -0.25) is 14.5 Å². The highest BCUT2D eigenvalue weighted by molar-refractivity contribution is 5.88. The van der Waals surface area contributed by atoms with Gasteiger partial charge in [0.2, 0.25) is 5.67 Å². The third kappa shape index (κ3) is 7.18. The monoisotopic (exact) mass is 719 g/mol. The zero-order chi connectivity index (χ0) is 36.6. The Kier molecular flexibility index (Phi) is 10.9. The maximum atomic E-state index is 17.9. The Morgan fingerprint density at radius 3 is 2.24 bits per heavy atom. The van der Waals surface area contributed by atoms with E-state index in [0.29, 0.717) is 48.5 Å². The number of halogens is 4. The van der Waals surface area contributed by atoms with Gasteiger partial charge in [-0.05, 0) is 61.1 Å². The van der Waals surface area contributed by atoms with Crippen LogP contribution in [0, 0.1) is 11.8 Å². The number of methoxy groups -OCH3 is 3. The molecule has 1 aliphatic carbocycles. The lowest BCUT2D eigenvalue weighted by atomic mass is 9.85. The van der Waals surface area contributed by atoms with E-state index in [9.17, 15) is 27.9 Å². The number of amides is 1. The average molecular weight is 720 g/mol. The molecule has 3 saturated heterocycles. The molecule has 4 atom stereocenters. The zero-order valence-electron chi connectivity index (χ0n) is 29.6. The summed E-state index contributed by atoms with van der Waals surface area (Å²) in [5, 5.41) is 10.5. The SMILES string of the molecule is COC[C@H]1CN(C(=O)[C@]2(F)CN(C3(CO)CCCC3)C[C@H]2c2ccc(OC)cc2)C[C@@H]1c1ccc(C(F)(F)F)cc1N1CCC(C(=O)OC)CC1. The maximum Gasteiger partial charge on any atom is 0.416 e. The molecule has 9 nitrogen and oxygen atoms in total. The summed E-state index contributed by atoms with van der Waals surface area (Å²) in [5.74, 6) is -2.25. The molecule has 1 amide bonds. The molecule has 51 heavy (non-hydrogen) atoms. The van der Waals surface area contributed by atoms with Crippen molar-refractivity contribution in [1.82, 2.24) is 9.80 Å². The first-order valence-corrected chi connectivity index (χ1v) is 17.9. The number of hydrogen-bond acceptors (Lipinski definition) is 8. The van der Waals surface area contributed by atoms with Gasteiger partial charge in [0.25, 0.3) is 5.91 Å². The van der Waals surface area contributed by atoms with Crippen LogP contribution in [0.5, 0.6) is 5.75 Å². The van der Waals surface area contributed by atoms with Crippen molar-refractivity contribution in [3.63, 3.8) is 0 Å². The van der Waals surface area contributed by atoms with E-state index in [4.69, 9.17) is 14.2 Å². The first kappa shape index (κ1) is 37.3. The highest BCUT2D eigenvalue weighted by Gasteiger charge is 2.60. The summed E-state index contributed by atoms with van der Waals surface area (Å²) in [6.45, 7) is 1.20. The van der Waals surface area contributed by atoms with Crippen LogP contribution in [-0.2, 0) is 25.2 Å². The minimum absolute atomic E-state index is 0.107. The van der Waals surface area contributed by atoms with E-state index in [-0.39, 0.29) is 57.2 Å². The predicted molar refractivity (Wildman–Crippen MR) is 183 cm³/mol. The zero-order valence-corrected chi connectivity index (χ0v) is 29.6. The molecule has 2 aromatic rings. The van der Waals surface area contributed by atoms with Crippen molar-refractivity contribution in [3.05, 3.63) is 59.2 Å². The van der Waals surface area contributed by atoms with E-state index in [1.807, 2.05) is 9.80 Å². The Balaban J connectivity index is 1.33. The van der Waals surface area contributed by atoms with Crippen molar-refractivity contribution in [2.75, 3.05) is 78.7 Å². The number of anilines is 1. The molecule has 0 radical (unpaired) electrons. The molecule has 6 rings (SSSR count). The van der Waals surface area contributed by atoms with Gasteiger partial charge in [-0.25, -0.2) is 4.39 Å². The number of carbonyl (C=O) groups excluding carboxylic acids is 2. The number of benzene rings is 2. The molecule has 2 aromatic carbocycles. The van der Waals surface area contributed by atoms with Gasteiger partial charge in [0, 0.05) is 75.4 Å². The second kappa shape index (κ2) is 14.9. The van der Waals surface area contributed by atoms with Crippen LogP contribution in [0.3, 0.4) is 0 Å². The molecule has 4 aliphatic rings. The quantitative estimate of drug-likeness (QED) is 0.258. The number of piperidine rings is 1. The number of alkyl halides is 4. The van der Waals surface area contributed by atoms with E-state index in [0.717, 1.165) is 37.8 Å². The number of nitrogens with zero attached hydrogens (tertiary/aromatic N) is 3. The molecular weight excluding hydrogens is 670 g/mol. The largest absolute Gasteiger partial charge is 0.497 e. The van der Waals surface area contributed by atoms with Crippen LogP contribution in [0.25, 0.3) is 0 Å². The topological polar surface area (TPSA) is 91.8 Å². The molecule has 0 unspecified atom stereocenters. The smallest absolute Gasteiger partial charge is 0.416 e. The normalized spacial score (nSPS) is 27.3. The highest BCUT2D eigenvalue weighted by Crippen LogP contribution is 2.49. The van der Waals surface area contributed by atoms with Crippen molar-refractivity contribution in [1.29, 1.82) is 0 Å². The van der Waals surface area contributed by atoms with Crippen LogP contribution in [0.2, 0.25) is 0 Å². The second-order valence-electron chi connectivity index (χ2n) is 14.7. The number of ether oxygens (including phenoxy) is 3. The fraction of sp³-hybridized carbons (Fsp3) is 0.632. The summed E-state index contributed by atoms with van der Waals surface area (Å²) in [7, 11) is 4.41. The van der Waals surface area contributed by atoms with Crippen LogP contribution in [0.1, 0.15) is 67.1 Å². The average Bonchev–Trinajstić information content (AvgIpc) is 3.89. The molecule has 3 heterocycles. The Hall–Kier alpha value is -3.42. The lowest BCUT2D eigenvalue weighted by Gasteiger charge is -2.37. The molecule has 1 saturated carbocycles. The van der Waals surface area contributed by atoms with Gasteiger partial charge in [0.05, 0.1) is 38.9 Å². The van der Waals surface area contributed by atoms with E-state index < -0.39 is 40.7 Å². The summed E-state index contributed by atoms with van der Waals surface area (Å²) in [6.07, 6.45) is -0.432. The van der Waals surface area contributed by atoms with Crippen LogP contribution in [0.15, 0.2) is 42.5 Å². The summed E-state index contributed by atoms with van der Waals surface area (Å²) >= 11 is 0. The number of hydrogen-bond donors (Lipinski definition) is 1. The minimum atomic E-state index is -4.57. The molecular formula is C38H49F4N3O6. The molecule has 0 aromatic heterocycles. The summed E-state index contributed by atoms with van der Waals surface area (Å²) in [5.41, 5.74) is -2.00. The minimum Gasteiger partial charge on any atom is -0.497 e. The second-order valence-corrected chi connectivity index (χ2v) is 14.7. The standard InChI is InChI=1S/C38H49F4N3O6/c1-49-22-27-19-44(20-31(27)30-11-8-28(38(40,41)42)18-33(30)43-16-12-26(13-17-43)34(47)51-3)35(48)37(39)23-45(36(24-46)14-4-5-15-36)21-32(37)25-6-9-29(50-2)10-7-25/h6-11,18,26-27,31-32,46H,4-5,12-17,19-24H2,1-3H3/t27-,31+,32+,37+/m1/s1. The summed E-state index contributed by atoms with van der Waals surface area (Å²) < 4.78 is 75.8. The van der Waals surface area contributed by atoms with E-state index in [1.54, 1.807) is 31.4 Å². The van der Waals surface area contributed by atoms with Crippen LogP contribution in [0.4, 0.5) is 23.2 Å². The molecule has 13 heteroatoms. The van der Waals surface area contributed by atoms with Crippen molar-refractivity contribution in [3.8, 4) is 5.75 Å². The third-order valence-corrected chi connectivity index (χ3v) is 12.0. The molecule has 1 N–H and O–H groups in total. The van der Waals surface area contributed by atoms with Crippen molar-refractivity contribution >= 4 is 17.6 Å². The number of carbonyl (C=O) groups is 2. The Morgan fingerprint density at radius 1 is 0.961 bits per heavy atom. The number of rotatable bonds is 10. The van der Waals surface area contributed by atoms with Gasteiger partial charge in [-0.15, -0.1) is 0 Å². The van der Waals surface area contributed by atoms with E-state index in [1.165, 1.54) is 25.2 Å². The number of aliphatic hydroxyl groups excluding tert-OH is 1. The predicted octanol–water partition coefficient (Wildman–Crippen LogP) is 5.40. The van der Waals surface area contributed by atoms with Crippen molar-refractivity contribution in [2.24, 2.45) is 11.8 Å². The van der Waals surface area contributed by atoms with Crippen LogP contribution >= 0.6 is 0 Å². The van der Waals surface area contributed by atoms with Crippen LogP contribution < -0.4 is 9.64 Å². The molecule has 4 fully saturated rings. The molecule has 280 valence electrons. The Labute approximate surface area is 296 Å². The van der Waals surface area contributed by atoms with E-state index in [2.05, 4.69) is 0 Å². The van der Waals surface area contributed by atoms with Gasteiger partial charge >= 0.3 is 12.1 Å². The lowest BCUT2D eigenvalue weighted by molar-refractivity contribution is -0.146. The third-order valence-electron chi connectivity index (χ3n) is 12.0. The number of aliphatic hydroxyl groups is 1. The van der Waals surface area contributed by atoms with Crippen LogP contribution in [-0.4, -0.2) is 112 Å². The fourth-order valence-electron chi connectivity index (χ4n) is 9.07. The molecule has 3 aliphatic heterocycles.